The van der Waals surface area contributed by atoms with E-state index in [-0.39, 0.29) is 29.6 Å². The van der Waals surface area contributed by atoms with E-state index in [1.54, 1.807) is 18.1 Å². The molecule has 1 aliphatic carbocycles. The molecule has 1 amide bonds. The number of hydrogen-bond donors (Lipinski definition) is 0. The van der Waals surface area contributed by atoms with Crippen LogP contribution in [-0.4, -0.2) is 42.6 Å². The number of rotatable bonds is 3. The molecule has 0 bridgehead atoms. The van der Waals surface area contributed by atoms with Crippen LogP contribution in [0.15, 0.2) is 11.4 Å². The third-order valence-electron chi connectivity index (χ3n) is 4.20. The number of Topliss-reactive ketones (excluding diaryl/α,β-unsaturated/α-hetero) is 1. The zero-order valence-corrected chi connectivity index (χ0v) is 14.1. The van der Waals surface area contributed by atoms with Gasteiger partial charge >= 0.3 is 6.09 Å². The SMILES string of the molecule is COc1csc(C(=O)C2[C@H]3CN(C(=O)OC(C)(C)C)C[C@@H]23)c1. The molecule has 1 aromatic rings. The number of thiophene rings is 1. The number of carbonyl (C=O) groups is 2. The standard InChI is InChI=1S/C16H21NO4S/c1-16(2,3)21-15(19)17-6-10-11(7-17)13(10)14(18)12-5-9(20-4)8-22-12/h5,8,10-11,13H,6-7H2,1-4H3/t10-,11+,13?. The lowest BCUT2D eigenvalue weighted by Gasteiger charge is -2.25. The lowest BCUT2D eigenvalue weighted by molar-refractivity contribution is 0.0264. The molecule has 1 saturated heterocycles. The van der Waals surface area contributed by atoms with E-state index in [4.69, 9.17) is 9.47 Å². The number of piperidine rings is 1. The van der Waals surface area contributed by atoms with Gasteiger partial charge in [0.25, 0.3) is 0 Å². The minimum atomic E-state index is -0.480. The Morgan fingerprint density at radius 1 is 1.27 bits per heavy atom. The largest absolute Gasteiger partial charge is 0.496 e. The molecule has 2 heterocycles. The van der Waals surface area contributed by atoms with E-state index in [1.807, 2.05) is 26.2 Å². The first-order valence-corrected chi connectivity index (χ1v) is 8.33. The first-order valence-electron chi connectivity index (χ1n) is 7.45. The molecule has 6 heteroatoms. The van der Waals surface area contributed by atoms with E-state index >= 15 is 0 Å². The van der Waals surface area contributed by atoms with E-state index in [2.05, 4.69) is 0 Å². The molecule has 1 saturated carbocycles. The minimum absolute atomic E-state index is 0.0574. The Labute approximate surface area is 134 Å². The second-order valence-electron chi connectivity index (χ2n) is 6.95. The lowest BCUT2D eigenvalue weighted by atomic mass is 10.1. The van der Waals surface area contributed by atoms with Crippen molar-refractivity contribution < 1.29 is 19.1 Å². The van der Waals surface area contributed by atoms with Crippen LogP contribution in [0, 0.1) is 17.8 Å². The first kappa shape index (κ1) is 15.3. The highest BCUT2D eigenvalue weighted by molar-refractivity contribution is 7.12. The predicted octanol–water partition coefficient (Wildman–Crippen LogP) is 3.05. The highest BCUT2D eigenvalue weighted by Gasteiger charge is 2.60. The summed E-state index contributed by atoms with van der Waals surface area (Å²) in [6, 6.07) is 1.80. The number of ketones is 1. The van der Waals surface area contributed by atoms with Gasteiger partial charge in [-0.15, -0.1) is 11.3 Å². The lowest BCUT2D eigenvalue weighted by Crippen LogP contribution is -2.37. The van der Waals surface area contributed by atoms with Crippen molar-refractivity contribution in [1.29, 1.82) is 0 Å². The number of likely N-dealkylation sites (tertiary alicyclic amines) is 1. The molecule has 1 unspecified atom stereocenters. The summed E-state index contributed by atoms with van der Waals surface area (Å²) in [6.45, 7) is 6.83. The topological polar surface area (TPSA) is 55.8 Å². The normalized spacial score (nSPS) is 26.5. The Morgan fingerprint density at radius 2 is 1.91 bits per heavy atom. The third kappa shape index (κ3) is 2.84. The van der Waals surface area contributed by atoms with Gasteiger partial charge in [-0.25, -0.2) is 4.79 Å². The van der Waals surface area contributed by atoms with Crippen LogP contribution in [0.5, 0.6) is 5.75 Å². The molecule has 2 aliphatic rings. The molecule has 3 atom stereocenters. The Kier molecular flexibility index (Phi) is 3.67. The van der Waals surface area contributed by atoms with Crippen LogP contribution in [0.4, 0.5) is 4.79 Å². The van der Waals surface area contributed by atoms with Gasteiger partial charge in [-0.1, -0.05) is 0 Å². The Morgan fingerprint density at radius 3 is 2.41 bits per heavy atom. The van der Waals surface area contributed by atoms with Crippen LogP contribution in [0.25, 0.3) is 0 Å². The van der Waals surface area contributed by atoms with Crippen molar-refractivity contribution in [1.82, 2.24) is 4.90 Å². The maximum atomic E-state index is 12.5. The summed E-state index contributed by atoms with van der Waals surface area (Å²) in [5.74, 6) is 1.55. The van der Waals surface area contributed by atoms with Gasteiger partial charge in [-0.05, 0) is 32.6 Å². The number of ether oxygens (including phenoxy) is 2. The molecule has 0 radical (unpaired) electrons. The molecule has 0 N–H and O–H groups in total. The van der Waals surface area contributed by atoms with Gasteiger partial charge in [0.05, 0.1) is 12.0 Å². The second-order valence-corrected chi connectivity index (χ2v) is 7.87. The zero-order chi connectivity index (χ0) is 16.1. The molecular weight excluding hydrogens is 302 g/mol. The molecule has 0 spiro atoms. The number of carbonyl (C=O) groups excluding carboxylic acids is 2. The summed E-state index contributed by atoms with van der Waals surface area (Å²) in [5, 5.41) is 1.85. The average Bonchev–Trinajstić information content (AvgIpc) is 2.85. The monoisotopic (exact) mass is 323 g/mol. The average molecular weight is 323 g/mol. The fourth-order valence-electron chi connectivity index (χ4n) is 3.11. The van der Waals surface area contributed by atoms with E-state index in [9.17, 15) is 9.59 Å². The van der Waals surface area contributed by atoms with Crippen molar-refractivity contribution in [2.24, 2.45) is 17.8 Å². The summed E-state index contributed by atoms with van der Waals surface area (Å²) >= 11 is 1.42. The molecular formula is C16H21NO4S. The maximum absolute atomic E-state index is 12.5. The fourth-order valence-corrected chi connectivity index (χ4v) is 3.95. The molecule has 120 valence electrons. The van der Waals surface area contributed by atoms with Crippen molar-refractivity contribution in [2.75, 3.05) is 20.2 Å². The fraction of sp³-hybridized carbons (Fsp3) is 0.625. The van der Waals surface area contributed by atoms with E-state index < -0.39 is 5.60 Å². The summed E-state index contributed by atoms with van der Waals surface area (Å²) in [4.78, 5) is 27.0. The van der Waals surface area contributed by atoms with Gasteiger partial charge in [0.2, 0.25) is 0 Å². The van der Waals surface area contributed by atoms with E-state index in [0.29, 0.717) is 13.1 Å². The quantitative estimate of drug-likeness (QED) is 0.802. The highest BCUT2D eigenvalue weighted by atomic mass is 32.1. The molecule has 5 nitrogen and oxygen atoms in total. The summed E-state index contributed by atoms with van der Waals surface area (Å²) in [6.07, 6.45) is -0.274. The number of methoxy groups -OCH3 is 1. The van der Waals surface area contributed by atoms with Crippen LogP contribution < -0.4 is 4.74 Å². The van der Waals surface area contributed by atoms with Crippen molar-refractivity contribution in [3.8, 4) is 5.75 Å². The van der Waals surface area contributed by atoms with Crippen LogP contribution in [0.2, 0.25) is 0 Å². The zero-order valence-electron chi connectivity index (χ0n) is 13.3. The minimum Gasteiger partial charge on any atom is -0.496 e. The van der Waals surface area contributed by atoms with Gasteiger partial charge in [0.15, 0.2) is 5.78 Å². The molecule has 1 aliphatic heterocycles. The first-order chi connectivity index (χ1) is 10.3. The molecule has 1 aromatic heterocycles. The summed E-state index contributed by atoms with van der Waals surface area (Å²) in [7, 11) is 1.60. The molecule has 0 aromatic carbocycles. The molecule has 22 heavy (non-hydrogen) atoms. The van der Waals surface area contributed by atoms with Crippen molar-refractivity contribution in [2.45, 2.75) is 26.4 Å². The third-order valence-corrected chi connectivity index (χ3v) is 5.13. The second kappa shape index (κ2) is 5.26. The van der Waals surface area contributed by atoms with E-state index in [0.717, 1.165) is 10.6 Å². The van der Waals surface area contributed by atoms with Gasteiger partial charge in [0, 0.05) is 30.5 Å². The van der Waals surface area contributed by atoms with Gasteiger partial charge in [0.1, 0.15) is 11.4 Å². The van der Waals surface area contributed by atoms with Gasteiger partial charge in [-0.2, -0.15) is 0 Å². The summed E-state index contributed by atoms with van der Waals surface area (Å²) < 4.78 is 10.5. The Balaban J connectivity index is 1.56. The van der Waals surface area contributed by atoms with Gasteiger partial charge < -0.3 is 14.4 Å². The van der Waals surface area contributed by atoms with Crippen LogP contribution in [0.1, 0.15) is 30.4 Å². The van der Waals surface area contributed by atoms with Crippen molar-refractivity contribution >= 4 is 23.2 Å². The van der Waals surface area contributed by atoms with Crippen LogP contribution in [-0.2, 0) is 4.74 Å². The number of hydrogen-bond acceptors (Lipinski definition) is 5. The van der Waals surface area contributed by atoms with Crippen LogP contribution in [0.3, 0.4) is 0 Å². The highest BCUT2D eigenvalue weighted by Crippen LogP contribution is 2.53. The summed E-state index contributed by atoms with van der Waals surface area (Å²) in [5.41, 5.74) is -0.480. The molecule has 3 rings (SSSR count). The van der Waals surface area contributed by atoms with E-state index in [1.165, 1.54) is 11.3 Å². The molecule has 2 fully saturated rings. The smallest absolute Gasteiger partial charge is 0.410 e. The maximum Gasteiger partial charge on any atom is 0.410 e. The number of amides is 1. The number of fused-ring (bicyclic) bond motifs is 1. The van der Waals surface area contributed by atoms with Gasteiger partial charge in [-0.3, -0.25) is 4.79 Å². The van der Waals surface area contributed by atoms with Crippen molar-refractivity contribution in [3.05, 3.63) is 16.3 Å². The Hall–Kier alpha value is -1.56. The van der Waals surface area contributed by atoms with Crippen molar-refractivity contribution in [3.63, 3.8) is 0 Å². The van der Waals surface area contributed by atoms with Crippen LogP contribution >= 0.6 is 11.3 Å². The Bertz CT molecular complexity index is 592. The predicted molar refractivity (Wildman–Crippen MR) is 83.5 cm³/mol. The number of nitrogens with zero attached hydrogens (tertiary/aromatic N) is 1.